The largest absolute Gasteiger partial charge is 0.466 e. The third-order valence-electron chi connectivity index (χ3n) is 1.39. The Balaban J connectivity index is 0. The maximum atomic E-state index is 10.5. The lowest BCUT2D eigenvalue weighted by Crippen LogP contribution is -2.44. The highest BCUT2D eigenvalue weighted by atomic mass is 31.2. The summed E-state index contributed by atoms with van der Waals surface area (Å²) in [5.74, 6) is -1.00. The van der Waals surface area contributed by atoms with E-state index in [9.17, 15) is 4.79 Å². The van der Waals surface area contributed by atoms with E-state index in [2.05, 4.69) is 0 Å². The van der Waals surface area contributed by atoms with E-state index >= 15 is 0 Å². The molecule has 11 heteroatoms. The van der Waals surface area contributed by atoms with E-state index in [1.54, 1.807) is 0 Å². The number of hydrogen-bond donors (Lipinski definition) is 8. The number of rotatable bonds is 5. The van der Waals surface area contributed by atoms with E-state index in [1.165, 1.54) is 0 Å². The highest BCUT2D eigenvalue weighted by molar-refractivity contribution is 7.45. The summed E-state index contributed by atoms with van der Waals surface area (Å²) in [6.45, 7) is -1.69. The van der Waals surface area contributed by atoms with E-state index < -0.39 is 45.1 Å². The Hall–Kier alpha value is -0.420. The molecule has 0 aromatic heterocycles. The molecule has 0 spiro atoms. The number of Topliss-reactive ketones (excluding diaryl/α,β-unsaturated/α-hetero) is 1. The van der Waals surface area contributed by atoms with Gasteiger partial charge in [-0.05, 0) is 0 Å². The Labute approximate surface area is 95.6 Å². The molecule has 0 aliphatic carbocycles. The van der Waals surface area contributed by atoms with Crippen LogP contribution in [-0.2, 0) is 9.36 Å². The smallest absolute Gasteiger partial charge is 0.394 e. The number of aliphatic hydroxyl groups excluding tert-OH is 5. The fraction of sp³-hybridized carbons (Fsp3) is 0.833. The zero-order valence-corrected chi connectivity index (χ0v) is 9.38. The lowest BCUT2D eigenvalue weighted by atomic mass is 10.1. The summed E-state index contributed by atoms with van der Waals surface area (Å²) in [6, 6.07) is 0. The van der Waals surface area contributed by atoms with Gasteiger partial charge in [0.15, 0.2) is 5.78 Å². The number of carbonyl (C=O) groups is 1. The predicted molar refractivity (Wildman–Crippen MR) is 51.5 cm³/mol. The molecule has 3 atom stereocenters. The van der Waals surface area contributed by atoms with Crippen LogP contribution in [0.15, 0.2) is 0 Å². The minimum atomic E-state index is -4.64. The Kier molecular flexibility index (Phi) is 9.62. The number of ketones is 1. The minimum absolute atomic E-state index is 0.767. The number of carbonyl (C=O) groups excluding carboxylic acids is 1. The van der Waals surface area contributed by atoms with E-state index in [4.69, 9.17) is 44.8 Å². The van der Waals surface area contributed by atoms with Crippen molar-refractivity contribution in [3.8, 4) is 0 Å². The standard InChI is InChI=1S/C6H12O6.H3O4P/c7-1-3(9)5(11)6(12)4(10)2-8;1-5(2,3)4/h3,5-9,11-12H,1-2H2;(H3,1,2,3,4)/t3-,5-,6+;/m1./s1. The Morgan fingerprint density at radius 1 is 1.06 bits per heavy atom. The van der Waals surface area contributed by atoms with E-state index in [0.717, 1.165) is 0 Å². The lowest BCUT2D eigenvalue weighted by Gasteiger charge is -2.19. The highest BCUT2D eigenvalue weighted by Gasteiger charge is 2.28. The van der Waals surface area contributed by atoms with Crippen molar-refractivity contribution >= 4 is 13.6 Å². The number of phosphoric acid groups is 1. The van der Waals surface area contributed by atoms with Crippen LogP contribution in [0.2, 0.25) is 0 Å². The van der Waals surface area contributed by atoms with Crippen LogP contribution in [0.4, 0.5) is 0 Å². The monoisotopic (exact) mass is 278 g/mol. The third-order valence-corrected chi connectivity index (χ3v) is 1.39. The lowest BCUT2D eigenvalue weighted by molar-refractivity contribution is -0.142. The number of hydrogen-bond acceptors (Lipinski definition) is 7. The fourth-order valence-corrected chi connectivity index (χ4v) is 0.602. The molecule has 0 bridgehead atoms. The molecule has 0 fully saturated rings. The summed E-state index contributed by atoms with van der Waals surface area (Å²) >= 11 is 0. The van der Waals surface area contributed by atoms with Gasteiger partial charge in [-0.3, -0.25) is 4.79 Å². The summed E-state index contributed by atoms with van der Waals surface area (Å²) in [7, 11) is -4.64. The first kappa shape index (κ1) is 18.9. The normalized spacial score (nSPS) is 16.5. The molecule has 0 saturated heterocycles. The van der Waals surface area contributed by atoms with Gasteiger partial charge < -0.3 is 40.2 Å². The van der Waals surface area contributed by atoms with Gasteiger partial charge in [-0.15, -0.1) is 0 Å². The average Bonchev–Trinajstić information content (AvgIpc) is 2.22. The van der Waals surface area contributed by atoms with Crippen LogP contribution >= 0.6 is 7.82 Å². The second-order valence-corrected chi connectivity index (χ2v) is 3.85. The van der Waals surface area contributed by atoms with Crippen molar-refractivity contribution in [1.82, 2.24) is 0 Å². The van der Waals surface area contributed by atoms with E-state index in [-0.39, 0.29) is 0 Å². The summed E-state index contributed by atoms with van der Waals surface area (Å²) in [6.07, 6.45) is -5.22. The molecule has 10 nitrogen and oxygen atoms in total. The summed E-state index contributed by atoms with van der Waals surface area (Å²) in [5.41, 5.74) is 0. The molecular formula is C6H15O10P. The van der Waals surface area contributed by atoms with Gasteiger partial charge in [0.05, 0.1) is 6.61 Å². The van der Waals surface area contributed by atoms with Crippen LogP contribution < -0.4 is 0 Å². The molecule has 0 radical (unpaired) electrons. The maximum Gasteiger partial charge on any atom is 0.466 e. The minimum Gasteiger partial charge on any atom is -0.394 e. The first-order valence-corrected chi connectivity index (χ1v) is 5.68. The Bertz CT molecular complexity index is 253. The van der Waals surface area contributed by atoms with E-state index in [1.807, 2.05) is 0 Å². The molecule has 104 valence electrons. The van der Waals surface area contributed by atoms with Crippen LogP contribution in [0, 0.1) is 0 Å². The van der Waals surface area contributed by atoms with Gasteiger partial charge in [0.1, 0.15) is 24.9 Å². The fourth-order valence-electron chi connectivity index (χ4n) is 0.602. The van der Waals surface area contributed by atoms with Crippen molar-refractivity contribution in [2.24, 2.45) is 0 Å². The molecule has 0 amide bonds. The second kappa shape index (κ2) is 8.64. The van der Waals surface area contributed by atoms with Crippen LogP contribution in [0.3, 0.4) is 0 Å². The van der Waals surface area contributed by atoms with Gasteiger partial charge in [-0.2, -0.15) is 0 Å². The van der Waals surface area contributed by atoms with Crippen molar-refractivity contribution < 1.29 is 49.6 Å². The van der Waals surface area contributed by atoms with Gasteiger partial charge in [-0.25, -0.2) is 4.57 Å². The van der Waals surface area contributed by atoms with Gasteiger partial charge in [0.2, 0.25) is 0 Å². The van der Waals surface area contributed by atoms with Crippen molar-refractivity contribution in [1.29, 1.82) is 0 Å². The number of aliphatic hydroxyl groups is 5. The summed E-state index contributed by atoms with van der Waals surface area (Å²) < 4.78 is 8.88. The van der Waals surface area contributed by atoms with Crippen LogP contribution in [0.25, 0.3) is 0 Å². The third kappa shape index (κ3) is 11.8. The van der Waals surface area contributed by atoms with Crippen LogP contribution in [0.1, 0.15) is 0 Å². The maximum absolute atomic E-state index is 10.5. The molecule has 0 aromatic rings. The zero-order chi connectivity index (χ0) is 14.2. The topological polar surface area (TPSA) is 196 Å². The first-order chi connectivity index (χ1) is 7.54. The molecule has 0 heterocycles. The molecule has 8 N–H and O–H groups in total. The van der Waals surface area contributed by atoms with Crippen molar-refractivity contribution in [3.05, 3.63) is 0 Å². The molecule has 0 saturated carbocycles. The predicted octanol–water partition coefficient (Wildman–Crippen LogP) is -4.31. The van der Waals surface area contributed by atoms with E-state index in [0.29, 0.717) is 0 Å². The molecule has 0 aliphatic heterocycles. The highest BCUT2D eigenvalue weighted by Crippen LogP contribution is 2.25. The molecule has 0 aromatic carbocycles. The van der Waals surface area contributed by atoms with Crippen LogP contribution in [-0.4, -0.2) is 77.5 Å². The molecule has 17 heavy (non-hydrogen) atoms. The second-order valence-electron chi connectivity index (χ2n) is 2.82. The zero-order valence-electron chi connectivity index (χ0n) is 8.49. The SMILES string of the molecule is O=C(CO)[C@H](O)[C@H](O)[C@H](O)CO.O=P(O)(O)O. The summed E-state index contributed by atoms with van der Waals surface area (Å²) in [4.78, 5) is 32.1. The van der Waals surface area contributed by atoms with Gasteiger partial charge >= 0.3 is 7.82 Å². The average molecular weight is 278 g/mol. The van der Waals surface area contributed by atoms with Gasteiger partial charge in [-0.1, -0.05) is 0 Å². The van der Waals surface area contributed by atoms with Gasteiger partial charge in [0.25, 0.3) is 0 Å². The van der Waals surface area contributed by atoms with Crippen molar-refractivity contribution in [3.63, 3.8) is 0 Å². The molecule has 0 unspecified atom stereocenters. The first-order valence-electron chi connectivity index (χ1n) is 4.11. The molecular weight excluding hydrogens is 263 g/mol. The molecule has 0 aliphatic rings. The van der Waals surface area contributed by atoms with Crippen molar-refractivity contribution in [2.45, 2.75) is 18.3 Å². The summed E-state index contributed by atoms with van der Waals surface area (Å²) in [5, 5.41) is 43.1. The molecule has 0 rings (SSSR count). The quantitative estimate of drug-likeness (QED) is 0.228. The van der Waals surface area contributed by atoms with Gasteiger partial charge in [0, 0.05) is 0 Å². The van der Waals surface area contributed by atoms with Crippen molar-refractivity contribution in [2.75, 3.05) is 13.2 Å². The Morgan fingerprint density at radius 2 is 1.41 bits per heavy atom. The van der Waals surface area contributed by atoms with Crippen LogP contribution in [0.5, 0.6) is 0 Å². The Morgan fingerprint density at radius 3 is 1.65 bits per heavy atom.